The van der Waals surface area contributed by atoms with E-state index in [1.165, 1.54) is 34.4 Å². The van der Waals surface area contributed by atoms with E-state index in [4.69, 9.17) is 28.9 Å². The second-order valence-corrected chi connectivity index (χ2v) is 8.74. The number of nitrogens with zero attached hydrogens (tertiary/aromatic N) is 1. The third kappa shape index (κ3) is 4.53. The van der Waals surface area contributed by atoms with Crippen LogP contribution in [0.5, 0.6) is 0 Å². The molecular formula is C16H12Cl2F2N4O2S2. The van der Waals surface area contributed by atoms with E-state index in [0.29, 0.717) is 0 Å². The Balaban J connectivity index is 1.88. The summed E-state index contributed by atoms with van der Waals surface area (Å²) >= 11 is 13.1. The van der Waals surface area contributed by atoms with E-state index in [2.05, 4.69) is 15.0 Å². The van der Waals surface area contributed by atoms with Crippen molar-refractivity contribution in [2.24, 2.45) is 5.73 Å². The first-order valence-corrected chi connectivity index (χ1v) is 10.7. The average Bonchev–Trinajstić information content (AvgIpc) is 3.11. The first kappa shape index (κ1) is 20.7. The Morgan fingerprint density at radius 3 is 2.57 bits per heavy atom. The van der Waals surface area contributed by atoms with Crippen molar-refractivity contribution < 1.29 is 17.2 Å². The van der Waals surface area contributed by atoms with Gasteiger partial charge in [0.1, 0.15) is 22.7 Å². The number of nitrogens with two attached hydrogens (primary N) is 1. The highest BCUT2D eigenvalue weighted by molar-refractivity contribution is 7.92. The SMILES string of the molecule is N[C@H](Nc1cc(F)c(S(=O)(=O)Nc2cscn2)cc1Cl)c1cc(Cl)ccc1F. The number of rotatable bonds is 6. The zero-order chi connectivity index (χ0) is 20.5. The van der Waals surface area contributed by atoms with Crippen LogP contribution in [0.3, 0.4) is 0 Å². The van der Waals surface area contributed by atoms with Crippen LogP contribution in [-0.4, -0.2) is 13.4 Å². The van der Waals surface area contributed by atoms with E-state index in [0.717, 1.165) is 18.2 Å². The van der Waals surface area contributed by atoms with E-state index in [-0.39, 0.29) is 27.1 Å². The van der Waals surface area contributed by atoms with Gasteiger partial charge < -0.3 is 11.1 Å². The number of aromatic nitrogens is 1. The minimum Gasteiger partial charge on any atom is -0.365 e. The van der Waals surface area contributed by atoms with E-state index < -0.39 is 32.7 Å². The van der Waals surface area contributed by atoms with Crippen LogP contribution >= 0.6 is 34.5 Å². The first-order chi connectivity index (χ1) is 13.2. The third-order valence-electron chi connectivity index (χ3n) is 3.59. The molecule has 12 heteroatoms. The van der Waals surface area contributed by atoms with Gasteiger partial charge in [0, 0.05) is 16.0 Å². The van der Waals surface area contributed by atoms with Crippen molar-refractivity contribution in [3.63, 3.8) is 0 Å². The number of benzene rings is 2. The Hall–Kier alpha value is -1.98. The van der Waals surface area contributed by atoms with Crippen LogP contribution in [0.25, 0.3) is 0 Å². The van der Waals surface area contributed by atoms with Gasteiger partial charge in [0.05, 0.1) is 16.2 Å². The van der Waals surface area contributed by atoms with Gasteiger partial charge in [-0.1, -0.05) is 23.2 Å². The van der Waals surface area contributed by atoms with Gasteiger partial charge in [-0.05, 0) is 30.3 Å². The molecule has 0 radical (unpaired) electrons. The van der Waals surface area contributed by atoms with Crippen LogP contribution in [0.4, 0.5) is 20.3 Å². The van der Waals surface area contributed by atoms with Crippen LogP contribution in [0.2, 0.25) is 10.0 Å². The molecule has 0 unspecified atom stereocenters. The van der Waals surface area contributed by atoms with Gasteiger partial charge in [0.2, 0.25) is 0 Å². The largest absolute Gasteiger partial charge is 0.365 e. The van der Waals surface area contributed by atoms with Crippen molar-refractivity contribution in [1.82, 2.24) is 4.98 Å². The minimum absolute atomic E-state index is 0.0151. The Morgan fingerprint density at radius 2 is 1.89 bits per heavy atom. The lowest BCUT2D eigenvalue weighted by Gasteiger charge is -2.18. The maximum atomic E-state index is 14.5. The van der Waals surface area contributed by atoms with E-state index in [1.807, 2.05) is 0 Å². The predicted octanol–water partition coefficient (Wildman–Crippen LogP) is 4.60. The summed E-state index contributed by atoms with van der Waals surface area (Å²) < 4.78 is 55.3. The van der Waals surface area contributed by atoms with Gasteiger partial charge in [0.25, 0.3) is 10.0 Å². The lowest BCUT2D eigenvalue weighted by molar-refractivity contribution is 0.570. The normalized spacial score (nSPS) is 12.6. The summed E-state index contributed by atoms with van der Waals surface area (Å²) in [6, 6.07) is 5.60. The van der Waals surface area contributed by atoms with Crippen molar-refractivity contribution in [2.45, 2.75) is 11.1 Å². The molecule has 0 saturated heterocycles. The molecule has 1 heterocycles. The summed E-state index contributed by atoms with van der Waals surface area (Å²) in [5.74, 6) is -1.64. The van der Waals surface area contributed by atoms with Crippen LogP contribution in [-0.2, 0) is 10.0 Å². The van der Waals surface area contributed by atoms with Crippen molar-refractivity contribution in [3.05, 3.63) is 68.5 Å². The summed E-state index contributed by atoms with van der Waals surface area (Å²) in [4.78, 5) is 3.11. The lowest BCUT2D eigenvalue weighted by Crippen LogP contribution is -2.22. The molecule has 4 N–H and O–H groups in total. The number of hydrogen-bond donors (Lipinski definition) is 3. The second kappa shape index (κ2) is 8.18. The zero-order valence-electron chi connectivity index (χ0n) is 13.8. The Labute approximate surface area is 173 Å². The minimum atomic E-state index is -4.25. The second-order valence-electron chi connectivity index (χ2n) is 5.53. The Kier molecular flexibility index (Phi) is 6.06. The van der Waals surface area contributed by atoms with Gasteiger partial charge in [0.15, 0.2) is 5.82 Å². The monoisotopic (exact) mass is 464 g/mol. The summed E-state index contributed by atoms with van der Waals surface area (Å²) in [6.07, 6.45) is -1.11. The highest BCUT2D eigenvalue weighted by Crippen LogP contribution is 2.31. The van der Waals surface area contributed by atoms with E-state index in [1.54, 1.807) is 0 Å². The average molecular weight is 465 g/mol. The summed E-state index contributed by atoms with van der Waals surface area (Å²) in [6.45, 7) is 0. The van der Waals surface area contributed by atoms with Crippen LogP contribution in [0.1, 0.15) is 11.7 Å². The van der Waals surface area contributed by atoms with Crippen molar-refractivity contribution in [3.8, 4) is 0 Å². The molecule has 3 aromatic rings. The highest BCUT2D eigenvalue weighted by Gasteiger charge is 2.23. The third-order valence-corrected chi connectivity index (χ3v) is 6.09. The molecule has 0 aliphatic carbocycles. The van der Waals surface area contributed by atoms with Gasteiger partial charge in [-0.15, -0.1) is 11.3 Å². The number of hydrogen-bond acceptors (Lipinski definition) is 6. The Bertz CT molecular complexity index is 1110. The summed E-state index contributed by atoms with van der Waals surface area (Å²) in [5, 5.41) is 4.23. The van der Waals surface area contributed by atoms with Gasteiger partial charge in [-0.2, -0.15) is 0 Å². The number of anilines is 2. The number of thiazole rings is 1. The number of nitrogens with one attached hydrogen (secondary N) is 2. The van der Waals surface area contributed by atoms with Gasteiger partial charge in [-0.25, -0.2) is 22.2 Å². The standard InChI is InChI=1S/C16H12Cl2F2N4O2S2/c17-8-1-2-11(19)9(3-8)16(21)23-13-5-12(20)14(4-10(13)18)28(25,26)24-15-6-27-7-22-15/h1-7,16,23-24H,21H2/t16-/m1/s1. The van der Waals surface area contributed by atoms with Crippen molar-refractivity contribution in [1.29, 1.82) is 0 Å². The topological polar surface area (TPSA) is 97.1 Å². The molecule has 0 fully saturated rings. The predicted molar refractivity (Wildman–Crippen MR) is 106 cm³/mol. The maximum Gasteiger partial charge on any atom is 0.266 e. The molecule has 1 aromatic heterocycles. The molecule has 0 spiro atoms. The molecule has 1 atom stereocenters. The molecule has 3 rings (SSSR count). The fourth-order valence-electron chi connectivity index (χ4n) is 2.30. The zero-order valence-corrected chi connectivity index (χ0v) is 16.9. The van der Waals surface area contributed by atoms with Gasteiger partial charge in [-0.3, -0.25) is 4.72 Å². The molecule has 28 heavy (non-hydrogen) atoms. The molecule has 0 bridgehead atoms. The smallest absolute Gasteiger partial charge is 0.266 e. The molecule has 148 valence electrons. The molecule has 6 nitrogen and oxygen atoms in total. The molecular weight excluding hydrogens is 453 g/mol. The Morgan fingerprint density at radius 1 is 1.14 bits per heavy atom. The molecule has 0 amide bonds. The van der Waals surface area contributed by atoms with Crippen LogP contribution < -0.4 is 15.8 Å². The summed E-state index contributed by atoms with van der Waals surface area (Å²) in [7, 11) is -4.25. The van der Waals surface area contributed by atoms with Crippen molar-refractivity contribution in [2.75, 3.05) is 10.0 Å². The van der Waals surface area contributed by atoms with Gasteiger partial charge >= 0.3 is 0 Å². The van der Waals surface area contributed by atoms with Crippen LogP contribution in [0, 0.1) is 11.6 Å². The fourth-order valence-corrected chi connectivity index (χ4v) is 4.41. The van der Waals surface area contributed by atoms with E-state index in [9.17, 15) is 17.2 Å². The number of sulfonamides is 1. The molecule has 0 aliphatic heterocycles. The number of halogens is 4. The van der Waals surface area contributed by atoms with Crippen molar-refractivity contribution >= 4 is 56.1 Å². The van der Waals surface area contributed by atoms with Crippen LogP contribution in [0.15, 0.2) is 46.1 Å². The summed E-state index contributed by atoms with van der Waals surface area (Å²) in [5.41, 5.74) is 7.34. The highest BCUT2D eigenvalue weighted by atomic mass is 35.5. The fraction of sp³-hybridized carbons (Fsp3) is 0.0625. The molecule has 2 aromatic carbocycles. The quantitative estimate of drug-likeness (QED) is 0.463. The van der Waals surface area contributed by atoms with E-state index >= 15 is 0 Å². The first-order valence-electron chi connectivity index (χ1n) is 7.54. The lowest BCUT2D eigenvalue weighted by atomic mass is 10.1. The maximum absolute atomic E-state index is 14.5. The molecule has 0 aliphatic rings. The molecule has 0 saturated carbocycles.